The molecule has 2 aliphatic heterocycles. The number of benzene rings is 2. The van der Waals surface area contributed by atoms with Gasteiger partial charge >= 0.3 is 6.18 Å². The van der Waals surface area contributed by atoms with Gasteiger partial charge in [0.05, 0.1) is 10.4 Å². The van der Waals surface area contributed by atoms with Crippen molar-refractivity contribution in [1.82, 2.24) is 10.6 Å². The largest absolute Gasteiger partial charge is 0.416 e. The number of amides is 1. The zero-order valence-corrected chi connectivity index (χ0v) is 20.4. The van der Waals surface area contributed by atoms with E-state index in [4.69, 9.17) is 0 Å². The average molecular weight is 502 g/mol. The molecule has 35 heavy (non-hydrogen) atoms. The first-order chi connectivity index (χ1) is 16.8. The van der Waals surface area contributed by atoms with Crippen LogP contribution in [-0.2, 0) is 12.6 Å². The Balaban J connectivity index is 1.17. The number of fused-ring (bicyclic) bond motifs is 1. The van der Waals surface area contributed by atoms with Crippen molar-refractivity contribution in [2.45, 2.75) is 44.3 Å². The summed E-state index contributed by atoms with van der Waals surface area (Å²) >= 11 is 1.55. The molecule has 3 heterocycles. The van der Waals surface area contributed by atoms with Crippen LogP contribution in [0.3, 0.4) is 0 Å². The third-order valence-corrected chi connectivity index (χ3v) is 8.28. The number of halogens is 3. The van der Waals surface area contributed by atoms with E-state index >= 15 is 0 Å². The lowest BCUT2D eigenvalue weighted by atomic mass is 9.90. The predicted molar refractivity (Wildman–Crippen MR) is 135 cm³/mol. The average Bonchev–Trinajstić information content (AvgIpc) is 3.29. The van der Waals surface area contributed by atoms with E-state index in [1.807, 2.05) is 6.07 Å². The number of rotatable bonds is 5. The van der Waals surface area contributed by atoms with Crippen LogP contribution in [0.15, 0.2) is 48.5 Å². The van der Waals surface area contributed by atoms with Gasteiger partial charge < -0.3 is 15.5 Å². The number of carbonyl (C=O) groups excluding carboxylic acids is 1. The molecule has 5 rings (SSSR count). The molecule has 0 bridgehead atoms. The van der Waals surface area contributed by atoms with Crippen LogP contribution in [0.2, 0.25) is 0 Å². The molecule has 0 aliphatic carbocycles. The van der Waals surface area contributed by atoms with Gasteiger partial charge in [-0.15, -0.1) is 11.3 Å². The summed E-state index contributed by atoms with van der Waals surface area (Å²) in [4.78, 5) is 15.7. The van der Waals surface area contributed by atoms with Crippen LogP contribution in [0, 0.1) is 5.92 Å². The van der Waals surface area contributed by atoms with Crippen molar-refractivity contribution in [3.8, 4) is 0 Å². The highest BCUT2D eigenvalue weighted by Gasteiger charge is 2.30. The second-order valence-electron chi connectivity index (χ2n) is 9.66. The van der Waals surface area contributed by atoms with Gasteiger partial charge in [-0.1, -0.05) is 12.1 Å². The number of carbonyl (C=O) groups is 1. The van der Waals surface area contributed by atoms with Gasteiger partial charge in [-0.05, 0) is 98.5 Å². The molecule has 2 aromatic carbocycles. The van der Waals surface area contributed by atoms with Crippen molar-refractivity contribution in [2.24, 2.45) is 5.92 Å². The van der Waals surface area contributed by atoms with Gasteiger partial charge in [0.2, 0.25) is 0 Å². The molecule has 0 saturated carbocycles. The fourth-order valence-corrected chi connectivity index (χ4v) is 6.16. The minimum absolute atomic E-state index is 0.0234. The fraction of sp³-hybridized carbons (Fsp3) is 0.444. The number of hydrogen-bond acceptors (Lipinski definition) is 4. The molecule has 2 saturated heterocycles. The molecule has 1 aromatic heterocycles. The van der Waals surface area contributed by atoms with Gasteiger partial charge in [0.25, 0.3) is 5.91 Å². The topological polar surface area (TPSA) is 44.4 Å². The van der Waals surface area contributed by atoms with E-state index in [9.17, 15) is 18.0 Å². The number of hydrogen-bond donors (Lipinski definition) is 2. The first-order valence-corrected chi connectivity index (χ1v) is 13.1. The Kier molecular flexibility index (Phi) is 7.02. The Labute approximate surface area is 207 Å². The minimum atomic E-state index is -4.30. The maximum Gasteiger partial charge on any atom is 0.416 e. The molecule has 0 spiro atoms. The number of nitrogens with zero attached hydrogens (tertiary/aromatic N) is 1. The highest BCUT2D eigenvalue weighted by Crippen LogP contribution is 2.33. The third-order valence-electron chi connectivity index (χ3n) is 7.18. The summed E-state index contributed by atoms with van der Waals surface area (Å²) in [6.07, 6.45) is 0.635. The van der Waals surface area contributed by atoms with Crippen LogP contribution in [-0.4, -0.2) is 38.1 Å². The van der Waals surface area contributed by atoms with Crippen LogP contribution < -0.4 is 15.5 Å². The Morgan fingerprint density at radius 2 is 1.71 bits per heavy atom. The molecule has 1 amide bonds. The molecule has 8 heteroatoms. The van der Waals surface area contributed by atoms with Crippen molar-refractivity contribution in [1.29, 1.82) is 0 Å². The van der Waals surface area contributed by atoms with E-state index in [0.717, 1.165) is 78.9 Å². The van der Waals surface area contributed by atoms with E-state index < -0.39 is 11.7 Å². The minimum Gasteiger partial charge on any atom is -0.372 e. The van der Waals surface area contributed by atoms with Crippen LogP contribution in [0.25, 0.3) is 10.1 Å². The van der Waals surface area contributed by atoms with Crippen LogP contribution in [0.1, 0.15) is 46.5 Å². The van der Waals surface area contributed by atoms with Gasteiger partial charge in [0.15, 0.2) is 0 Å². The highest BCUT2D eigenvalue weighted by atomic mass is 32.1. The maximum atomic E-state index is 12.8. The first-order valence-electron chi connectivity index (χ1n) is 12.3. The number of alkyl halides is 3. The third kappa shape index (κ3) is 5.81. The first kappa shape index (κ1) is 24.1. The summed E-state index contributed by atoms with van der Waals surface area (Å²) in [5.74, 6) is 0.566. The molecule has 186 valence electrons. The van der Waals surface area contributed by atoms with Crippen LogP contribution in [0.4, 0.5) is 18.9 Å². The van der Waals surface area contributed by atoms with E-state index in [1.165, 1.54) is 17.7 Å². The lowest BCUT2D eigenvalue weighted by molar-refractivity contribution is -0.137. The summed E-state index contributed by atoms with van der Waals surface area (Å²) in [5.41, 5.74) is 1.52. The van der Waals surface area contributed by atoms with Gasteiger partial charge in [-0.25, -0.2) is 0 Å². The van der Waals surface area contributed by atoms with Crippen LogP contribution >= 0.6 is 11.3 Å². The van der Waals surface area contributed by atoms with E-state index in [-0.39, 0.29) is 11.9 Å². The Morgan fingerprint density at radius 1 is 1.00 bits per heavy atom. The van der Waals surface area contributed by atoms with Crippen molar-refractivity contribution >= 4 is 33.0 Å². The fourth-order valence-electron chi connectivity index (χ4n) is 5.13. The number of nitrogens with one attached hydrogen (secondary N) is 2. The summed E-state index contributed by atoms with van der Waals surface area (Å²) in [5, 5.41) is 7.60. The maximum absolute atomic E-state index is 12.8. The standard InChI is InChI=1S/C27H30F3N3OS/c28-27(29,30)21-3-5-23(6-4-21)33-13-9-18(10-14-33)15-19-1-2-20-17-25(35-24(20)16-19)26(34)32-22-7-11-31-12-8-22/h1-6,16-18,22,31H,7-15H2,(H,32,34). The summed E-state index contributed by atoms with van der Waals surface area (Å²) in [7, 11) is 0. The molecule has 0 radical (unpaired) electrons. The summed E-state index contributed by atoms with van der Waals surface area (Å²) in [6, 6.07) is 14.2. The highest BCUT2D eigenvalue weighted by molar-refractivity contribution is 7.20. The Hall–Kier alpha value is -2.58. The van der Waals surface area contributed by atoms with Gasteiger partial charge in [-0.3, -0.25) is 4.79 Å². The second kappa shape index (κ2) is 10.2. The smallest absolute Gasteiger partial charge is 0.372 e. The van der Waals surface area contributed by atoms with E-state index in [1.54, 1.807) is 23.5 Å². The van der Waals surface area contributed by atoms with E-state index in [2.05, 4.69) is 33.7 Å². The Bertz CT molecular complexity index is 1160. The summed E-state index contributed by atoms with van der Waals surface area (Å²) in [6.45, 7) is 3.59. The molecule has 4 nitrogen and oxygen atoms in total. The van der Waals surface area contributed by atoms with Crippen molar-refractivity contribution in [3.63, 3.8) is 0 Å². The molecule has 0 unspecified atom stereocenters. The van der Waals surface area contributed by atoms with Gasteiger partial charge in [0, 0.05) is 29.5 Å². The quantitative estimate of drug-likeness (QED) is 0.460. The van der Waals surface area contributed by atoms with Gasteiger partial charge in [0.1, 0.15) is 0 Å². The molecule has 0 atom stereocenters. The number of piperidine rings is 2. The SMILES string of the molecule is O=C(NC1CCNCC1)c1cc2ccc(CC3CCN(c4ccc(C(F)(F)F)cc4)CC3)cc2s1. The van der Waals surface area contributed by atoms with Crippen molar-refractivity contribution in [3.05, 3.63) is 64.5 Å². The van der Waals surface area contributed by atoms with Crippen molar-refractivity contribution < 1.29 is 18.0 Å². The lowest BCUT2D eigenvalue weighted by Crippen LogP contribution is -2.42. The lowest BCUT2D eigenvalue weighted by Gasteiger charge is -2.34. The number of anilines is 1. The van der Waals surface area contributed by atoms with E-state index in [0.29, 0.717) is 5.92 Å². The van der Waals surface area contributed by atoms with Crippen molar-refractivity contribution in [2.75, 3.05) is 31.1 Å². The molecule has 2 fully saturated rings. The zero-order chi connectivity index (χ0) is 24.4. The molecular weight excluding hydrogens is 471 g/mol. The monoisotopic (exact) mass is 501 g/mol. The normalized spacial score (nSPS) is 18.2. The molecule has 2 aliphatic rings. The second-order valence-corrected chi connectivity index (χ2v) is 10.7. The van der Waals surface area contributed by atoms with Gasteiger partial charge in [-0.2, -0.15) is 13.2 Å². The number of thiophene rings is 1. The Morgan fingerprint density at radius 3 is 2.40 bits per heavy atom. The van der Waals surface area contributed by atoms with Crippen LogP contribution in [0.5, 0.6) is 0 Å². The molecular formula is C27H30F3N3OS. The summed E-state index contributed by atoms with van der Waals surface area (Å²) < 4.78 is 39.6. The predicted octanol–water partition coefficient (Wildman–Crippen LogP) is 5.86. The zero-order valence-electron chi connectivity index (χ0n) is 19.5. The molecule has 3 aromatic rings. The molecule has 2 N–H and O–H groups in total.